The SMILES string of the molecule is CN(C)C1(CNS(=O)(=O)c2scnc2C(=O)O)CCCC1. The predicted octanol–water partition coefficient (Wildman–Crippen LogP) is 0.994. The molecule has 0 spiro atoms. The van der Waals surface area contributed by atoms with Gasteiger partial charge < -0.3 is 10.0 Å². The summed E-state index contributed by atoms with van der Waals surface area (Å²) in [5, 5.41) is 8.98. The van der Waals surface area contributed by atoms with Gasteiger partial charge in [0.2, 0.25) is 0 Å². The molecule has 2 N–H and O–H groups in total. The molecule has 1 aliphatic carbocycles. The van der Waals surface area contributed by atoms with Crippen LogP contribution in [0.4, 0.5) is 0 Å². The number of carbonyl (C=O) groups is 1. The molecule has 0 aromatic carbocycles. The molecule has 0 radical (unpaired) electrons. The summed E-state index contributed by atoms with van der Waals surface area (Å²) in [7, 11) is 0.0257. The minimum Gasteiger partial charge on any atom is -0.476 e. The summed E-state index contributed by atoms with van der Waals surface area (Å²) < 4.78 is 27.0. The predicted molar refractivity (Wildman–Crippen MR) is 79.1 cm³/mol. The molecule has 9 heteroatoms. The van der Waals surface area contributed by atoms with Crippen LogP contribution in [0, 0.1) is 0 Å². The molecule has 0 amide bonds. The number of nitrogens with one attached hydrogen (secondary N) is 1. The Balaban J connectivity index is 2.18. The van der Waals surface area contributed by atoms with Crippen LogP contribution in [0.3, 0.4) is 0 Å². The maximum absolute atomic E-state index is 12.3. The zero-order chi connectivity index (χ0) is 15.7. The van der Waals surface area contributed by atoms with Crippen molar-refractivity contribution < 1.29 is 18.3 Å². The molecule has 0 aliphatic heterocycles. The van der Waals surface area contributed by atoms with E-state index in [1.807, 2.05) is 19.0 Å². The van der Waals surface area contributed by atoms with E-state index in [0.717, 1.165) is 37.0 Å². The molecular formula is C12H19N3O4S2. The fraction of sp³-hybridized carbons (Fsp3) is 0.667. The number of carboxylic acid groups (broad SMARTS) is 1. The number of hydrogen-bond donors (Lipinski definition) is 2. The topological polar surface area (TPSA) is 99.6 Å². The summed E-state index contributed by atoms with van der Waals surface area (Å²) >= 11 is 0.819. The molecule has 0 saturated heterocycles. The van der Waals surface area contributed by atoms with E-state index in [0.29, 0.717) is 0 Å². The number of carboxylic acids is 1. The van der Waals surface area contributed by atoms with Crippen LogP contribution < -0.4 is 4.72 Å². The highest BCUT2D eigenvalue weighted by Crippen LogP contribution is 2.33. The maximum atomic E-state index is 12.3. The van der Waals surface area contributed by atoms with E-state index in [9.17, 15) is 13.2 Å². The normalized spacial score (nSPS) is 18.2. The number of thiazole rings is 1. The van der Waals surface area contributed by atoms with Crippen LogP contribution in [-0.4, -0.2) is 55.6 Å². The van der Waals surface area contributed by atoms with Gasteiger partial charge in [-0.05, 0) is 26.9 Å². The molecule has 1 fully saturated rings. The fourth-order valence-corrected chi connectivity index (χ4v) is 4.98. The molecule has 21 heavy (non-hydrogen) atoms. The Morgan fingerprint density at radius 2 is 2.10 bits per heavy atom. The number of nitrogens with zero attached hydrogens (tertiary/aromatic N) is 2. The Kier molecular flexibility index (Phi) is 4.66. The third-order valence-corrected chi connectivity index (χ3v) is 6.83. The zero-order valence-electron chi connectivity index (χ0n) is 12.0. The standard InChI is InChI=1S/C12H19N3O4S2/c1-15(2)12(5-3-4-6-12)7-14-21(18,19)11-9(10(16)17)13-8-20-11/h8,14H,3-7H2,1-2H3,(H,16,17). The Morgan fingerprint density at radius 3 is 2.62 bits per heavy atom. The summed E-state index contributed by atoms with van der Waals surface area (Å²) in [5.41, 5.74) is 0.619. The molecule has 1 aliphatic rings. The molecule has 1 saturated carbocycles. The van der Waals surface area contributed by atoms with Crippen molar-refractivity contribution in [2.24, 2.45) is 0 Å². The fourth-order valence-electron chi connectivity index (χ4n) is 2.68. The number of sulfonamides is 1. The Bertz CT molecular complexity index is 618. The van der Waals surface area contributed by atoms with E-state index in [-0.39, 0.29) is 16.3 Å². The van der Waals surface area contributed by atoms with E-state index >= 15 is 0 Å². The van der Waals surface area contributed by atoms with Crippen molar-refractivity contribution in [1.29, 1.82) is 0 Å². The number of aromatic nitrogens is 1. The Hall–Kier alpha value is -1.03. The lowest BCUT2D eigenvalue weighted by Crippen LogP contribution is -2.50. The highest BCUT2D eigenvalue weighted by Gasteiger charge is 2.37. The first-order valence-corrected chi connectivity index (χ1v) is 8.99. The molecule has 1 heterocycles. The van der Waals surface area contributed by atoms with Crippen molar-refractivity contribution in [2.75, 3.05) is 20.6 Å². The van der Waals surface area contributed by atoms with Crippen LogP contribution in [0.15, 0.2) is 9.72 Å². The van der Waals surface area contributed by atoms with Gasteiger partial charge in [0.05, 0.1) is 5.51 Å². The van der Waals surface area contributed by atoms with Crippen LogP contribution >= 0.6 is 11.3 Å². The van der Waals surface area contributed by atoms with Gasteiger partial charge in [0, 0.05) is 12.1 Å². The lowest BCUT2D eigenvalue weighted by molar-refractivity contribution is 0.0687. The number of aromatic carboxylic acids is 1. The molecule has 118 valence electrons. The van der Waals surface area contributed by atoms with Crippen LogP contribution in [0.2, 0.25) is 0 Å². The smallest absolute Gasteiger partial charge is 0.356 e. The molecule has 0 unspecified atom stereocenters. The molecule has 0 bridgehead atoms. The van der Waals surface area contributed by atoms with E-state index < -0.39 is 21.7 Å². The monoisotopic (exact) mass is 333 g/mol. The molecular weight excluding hydrogens is 314 g/mol. The van der Waals surface area contributed by atoms with Crippen LogP contribution in [0.5, 0.6) is 0 Å². The lowest BCUT2D eigenvalue weighted by Gasteiger charge is -2.36. The Morgan fingerprint density at radius 1 is 1.48 bits per heavy atom. The van der Waals surface area contributed by atoms with Gasteiger partial charge in [0.15, 0.2) is 9.90 Å². The van der Waals surface area contributed by atoms with Crippen molar-refractivity contribution in [2.45, 2.75) is 35.4 Å². The van der Waals surface area contributed by atoms with E-state index in [1.165, 1.54) is 5.51 Å². The quantitative estimate of drug-likeness (QED) is 0.805. The highest BCUT2D eigenvalue weighted by atomic mass is 32.2. The minimum atomic E-state index is -3.85. The first-order valence-electron chi connectivity index (χ1n) is 6.62. The van der Waals surface area contributed by atoms with Gasteiger partial charge in [-0.15, -0.1) is 11.3 Å². The average molecular weight is 333 g/mol. The summed E-state index contributed by atoms with van der Waals surface area (Å²) in [6.07, 6.45) is 4.00. The summed E-state index contributed by atoms with van der Waals surface area (Å²) in [6, 6.07) is 0. The second-order valence-corrected chi connectivity index (χ2v) is 8.26. The van der Waals surface area contributed by atoms with Crippen molar-refractivity contribution >= 4 is 27.3 Å². The van der Waals surface area contributed by atoms with Crippen LogP contribution in [0.25, 0.3) is 0 Å². The minimum absolute atomic E-state index is 0.193. The number of hydrogen-bond acceptors (Lipinski definition) is 6. The maximum Gasteiger partial charge on any atom is 0.356 e. The van der Waals surface area contributed by atoms with E-state index in [1.54, 1.807) is 0 Å². The summed E-state index contributed by atoms with van der Waals surface area (Å²) in [6.45, 7) is 0.277. The van der Waals surface area contributed by atoms with Crippen molar-refractivity contribution in [1.82, 2.24) is 14.6 Å². The third-order valence-electron chi connectivity index (χ3n) is 4.06. The first kappa shape index (κ1) is 16.3. The van der Waals surface area contributed by atoms with Gasteiger partial charge in [-0.25, -0.2) is 22.9 Å². The Labute approximate surface area is 128 Å². The van der Waals surface area contributed by atoms with Crippen LogP contribution in [-0.2, 0) is 10.0 Å². The zero-order valence-corrected chi connectivity index (χ0v) is 13.6. The van der Waals surface area contributed by atoms with Gasteiger partial charge in [-0.1, -0.05) is 12.8 Å². The largest absolute Gasteiger partial charge is 0.476 e. The van der Waals surface area contributed by atoms with E-state index in [2.05, 4.69) is 9.71 Å². The lowest BCUT2D eigenvalue weighted by atomic mass is 9.97. The van der Waals surface area contributed by atoms with Gasteiger partial charge in [-0.3, -0.25) is 0 Å². The molecule has 1 aromatic heterocycles. The van der Waals surface area contributed by atoms with Gasteiger partial charge in [-0.2, -0.15) is 0 Å². The second-order valence-electron chi connectivity index (χ2n) is 5.44. The summed E-state index contributed by atoms with van der Waals surface area (Å²) in [5.74, 6) is -1.33. The molecule has 1 aromatic rings. The third kappa shape index (κ3) is 3.25. The van der Waals surface area contributed by atoms with Gasteiger partial charge in [0.25, 0.3) is 10.0 Å². The number of likely N-dealkylation sites (N-methyl/N-ethyl adjacent to an activating group) is 1. The van der Waals surface area contributed by atoms with Crippen LogP contribution in [0.1, 0.15) is 36.2 Å². The molecule has 2 rings (SSSR count). The first-order chi connectivity index (χ1) is 9.78. The highest BCUT2D eigenvalue weighted by molar-refractivity contribution is 7.91. The molecule has 0 atom stereocenters. The average Bonchev–Trinajstić information content (AvgIpc) is 3.06. The molecule has 7 nitrogen and oxygen atoms in total. The van der Waals surface area contributed by atoms with E-state index in [4.69, 9.17) is 5.11 Å². The van der Waals surface area contributed by atoms with Crippen molar-refractivity contribution in [3.63, 3.8) is 0 Å². The van der Waals surface area contributed by atoms with Crippen molar-refractivity contribution in [3.05, 3.63) is 11.2 Å². The van der Waals surface area contributed by atoms with Gasteiger partial charge >= 0.3 is 5.97 Å². The summed E-state index contributed by atoms with van der Waals surface area (Å²) in [4.78, 5) is 16.7. The number of rotatable bonds is 6. The second kappa shape index (κ2) is 5.99. The van der Waals surface area contributed by atoms with Gasteiger partial charge in [0.1, 0.15) is 0 Å². The van der Waals surface area contributed by atoms with Crippen molar-refractivity contribution in [3.8, 4) is 0 Å².